The highest BCUT2D eigenvalue weighted by Gasteiger charge is 2.20. The summed E-state index contributed by atoms with van der Waals surface area (Å²) in [5.41, 5.74) is -0.496. The van der Waals surface area contributed by atoms with Gasteiger partial charge < -0.3 is 14.0 Å². The van der Waals surface area contributed by atoms with Crippen LogP contribution in [0.25, 0.3) is 0 Å². The van der Waals surface area contributed by atoms with Crippen LogP contribution in [0.4, 0.5) is 10.5 Å². The third-order valence-electron chi connectivity index (χ3n) is 2.13. The number of nitrogens with zero attached hydrogens (tertiary/aromatic N) is 1. The lowest BCUT2D eigenvalue weighted by Crippen LogP contribution is -2.27. The molecule has 0 fully saturated rings. The van der Waals surface area contributed by atoms with Crippen molar-refractivity contribution in [1.82, 2.24) is 4.98 Å². The molecule has 0 aliphatic heterocycles. The number of pyridine rings is 1. The number of methoxy groups -OCH3 is 1. The molecule has 0 unspecified atom stereocenters. The Morgan fingerprint density at radius 2 is 2.05 bits per heavy atom. The van der Waals surface area contributed by atoms with E-state index in [1.807, 2.05) is 0 Å². The van der Waals surface area contributed by atoms with Crippen molar-refractivity contribution >= 4 is 24.4 Å². The van der Waals surface area contributed by atoms with E-state index >= 15 is 0 Å². The number of aromatic nitrogens is 1. The molecule has 7 heteroatoms. The molecule has 0 aliphatic rings. The fraction of sp³-hybridized carbons (Fsp3) is 0.538. The number of hydrogen-bond donors (Lipinski definition) is 1. The summed E-state index contributed by atoms with van der Waals surface area (Å²) in [6.45, 7) is 8.07. The van der Waals surface area contributed by atoms with E-state index in [2.05, 4.69) is 10.3 Å². The average molecular weight is 303 g/mol. The van der Waals surface area contributed by atoms with Gasteiger partial charge in [-0.2, -0.15) is 0 Å². The van der Waals surface area contributed by atoms with Crippen molar-refractivity contribution in [2.75, 3.05) is 25.7 Å². The van der Waals surface area contributed by atoms with E-state index in [1.165, 1.54) is 25.5 Å². The number of rotatable bonds is 3. The van der Waals surface area contributed by atoms with Gasteiger partial charge >= 0.3 is 6.09 Å². The van der Waals surface area contributed by atoms with Gasteiger partial charge in [0.2, 0.25) is 5.88 Å². The number of carbonyl (C=O) groups excluding carboxylic acids is 1. The molecule has 1 N–H and O–H groups in total. The Morgan fingerprint density at radius 3 is 2.55 bits per heavy atom. The number of anilines is 1. The maximum Gasteiger partial charge on any atom is 0.412 e. The molecule has 112 valence electrons. The van der Waals surface area contributed by atoms with Crippen LogP contribution in [0.2, 0.25) is 0 Å². The molecule has 0 aromatic carbocycles. The van der Waals surface area contributed by atoms with Crippen LogP contribution < -0.4 is 15.5 Å². The lowest BCUT2D eigenvalue weighted by atomic mass is 10.2. The monoisotopic (exact) mass is 303 g/mol. The zero-order valence-electron chi connectivity index (χ0n) is 15.2. The summed E-state index contributed by atoms with van der Waals surface area (Å²) in [5.74, 6) is -0.336. The third kappa shape index (κ3) is 4.85. The lowest BCUT2D eigenvalue weighted by Gasteiger charge is -2.20. The molecule has 1 heterocycles. The Morgan fingerprint density at radius 1 is 1.40 bits per heavy atom. The summed E-state index contributed by atoms with van der Waals surface area (Å²) >= 11 is 0. The van der Waals surface area contributed by atoms with Gasteiger partial charge in [-0.3, -0.25) is 5.32 Å². The van der Waals surface area contributed by atoms with Gasteiger partial charge in [0.15, 0.2) is 0 Å². The van der Waals surface area contributed by atoms with Crippen LogP contribution in [0.15, 0.2) is 12.1 Å². The maximum atomic E-state index is 12.1. The molecule has 1 rings (SSSR count). The van der Waals surface area contributed by atoms with Gasteiger partial charge in [0, 0.05) is 0 Å². The molecule has 0 radical (unpaired) electrons. The van der Waals surface area contributed by atoms with Crippen LogP contribution in [-0.4, -0.2) is 37.0 Å². The molecule has 1 aromatic heterocycles. The van der Waals surface area contributed by atoms with Gasteiger partial charge in [-0.1, -0.05) is 0 Å². The third-order valence-corrected chi connectivity index (χ3v) is 3.48. The number of carbonyl (C=O) groups is 1. The van der Waals surface area contributed by atoms with Crippen LogP contribution in [0, 0.1) is 0 Å². The number of nitrogens with one attached hydrogen (secondary N) is 1. The second-order valence-electron chi connectivity index (χ2n) is 5.60. The van der Waals surface area contributed by atoms with Gasteiger partial charge in [0.05, 0.1) is 11.2 Å². The molecule has 6 nitrogen and oxygen atoms in total. The predicted molar refractivity (Wildman–Crippen MR) is 79.7 cm³/mol. The summed E-state index contributed by atoms with van der Waals surface area (Å²) < 4.78 is 43.5. The molecular weight excluding hydrogens is 279 g/mol. The Bertz CT molecular complexity index is 635. The van der Waals surface area contributed by atoms with E-state index < -0.39 is 25.9 Å². The van der Waals surface area contributed by atoms with E-state index in [1.54, 1.807) is 20.8 Å². The molecule has 0 aliphatic carbocycles. The Balaban J connectivity index is 3.15. The van der Waals surface area contributed by atoms with Gasteiger partial charge in [0.25, 0.3) is 0 Å². The summed E-state index contributed by atoms with van der Waals surface area (Å²) in [6, 6.07) is 2.83. The second kappa shape index (κ2) is 5.83. The van der Waals surface area contributed by atoms with Crippen molar-refractivity contribution < 1.29 is 22.9 Å². The van der Waals surface area contributed by atoms with Crippen LogP contribution in [0.3, 0.4) is 0 Å². The molecule has 0 saturated carbocycles. The SMILES string of the molecule is [2H]C([2H])([2H])Oc1nc(P(C)(C)=O)ccc1NC(=O)OC(C)(C)C. The first-order chi connectivity index (χ1) is 10.2. The van der Waals surface area contributed by atoms with Gasteiger partial charge in [-0.25, -0.2) is 9.78 Å². The number of amides is 1. The summed E-state index contributed by atoms with van der Waals surface area (Å²) in [4.78, 5) is 15.8. The van der Waals surface area contributed by atoms with E-state index in [0.29, 0.717) is 0 Å². The van der Waals surface area contributed by atoms with Crippen LogP contribution in [0.1, 0.15) is 24.9 Å². The molecule has 0 saturated heterocycles. The minimum atomic E-state index is -2.76. The maximum absolute atomic E-state index is 12.1. The molecule has 0 bridgehead atoms. The average Bonchev–Trinajstić information content (AvgIpc) is 2.25. The molecule has 1 aromatic rings. The highest BCUT2D eigenvalue weighted by molar-refractivity contribution is 7.69. The fourth-order valence-corrected chi connectivity index (χ4v) is 2.08. The highest BCUT2D eigenvalue weighted by Crippen LogP contribution is 2.35. The number of ether oxygens (including phenoxy) is 2. The molecule has 0 spiro atoms. The minimum absolute atomic E-state index is 0.0209. The largest absolute Gasteiger partial charge is 0.479 e. The van der Waals surface area contributed by atoms with Crippen molar-refractivity contribution in [3.8, 4) is 5.88 Å². The standard InChI is InChI=1S/C13H21N2O4P/c1-13(2,3)19-12(16)14-9-7-8-10(20(5,6)17)15-11(9)18-4/h7-8H,1-6H3,(H,14,16)/i4D3. The van der Waals surface area contributed by atoms with Crippen molar-refractivity contribution in [3.63, 3.8) is 0 Å². The first-order valence-electron chi connectivity index (χ1n) is 7.43. The fourth-order valence-electron chi connectivity index (χ4n) is 1.32. The van der Waals surface area contributed by atoms with Crippen molar-refractivity contribution in [2.45, 2.75) is 26.4 Å². The van der Waals surface area contributed by atoms with Crippen LogP contribution in [-0.2, 0) is 9.30 Å². The topological polar surface area (TPSA) is 77.5 Å². The van der Waals surface area contributed by atoms with Gasteiger partial charge in [-0.05, 0) is 46.2 Å². The minimum Gasteiger partial charge on any atom is -0.479 e. The highest BCUT2D eigenvalue weighted by atomic mass is 31.2. The second-order valence-corrected chi connectivity index (χ2v) is 8.76. The first-order valence-corrected chi connectivity index (χ1v) is 8.53. The predicted octanol–water partition coefficient (Wildman–Crippen LogP) is 2.69. The van der Waals surface area contributed by atoms with E-state index in [9.17, 15) is 9.36 Å². The molecular formula is C13H21N2O4P. The van der Waals surface area contributed by atoms with Crippen LogP contribution >= 0.6 is 7.14 Å². The Hall–Kier alpha value is -1.55. The Kier molecular flexibility index (Phi) is 3.56. The van der Waals surface area contributed by atoms with Gasteiger partial charge in [0.1, 0.15) is 23.9 Å². The van der Waals surface area contributed by atoms with E-state index in [0.717, 1.165) is 0 Å². The van der Waals surface area contributed by atoms with Gasteiger partial charge in [-0.15, -0.1) is 0 Å². The number of hydrogen-bond acceptors (Lipinski definition) is 5. The molecule has 20 heavy (non-hydrogen) atoms. The van der Waals surface area contributed by atoms with Crippen molar-refractivity contribution in [1.29, 1.82) is 0 Å². The lowest BCUT2D eigenvalue weighted by molar-refractivity contribution is 0.0635. The summed E-state index contributed by atoms with van der Waals surface area (Å²) in [6.07, 6.45) is -0.779. The smallest absolute Gasteiger partial charge is 0.412 e. The Labute approximate surface area is 123 Å². The quantitative estimate of drug-likeness (QED) is 0.869. The zero-order chi connectivity index (χ0) is 18.1. The molecule has 0 atom stereocenters. The summed E-state index contributed by atoms with van der Waals surface area (Å²) in [5, 5.41) is 2.38. The van der Waals surface area contributed by atoms with Crippen LogP contribution in [0.5, 0.6) is 5.88 Å². The van der Waals surface area contributed by atoms with E-state index in [4.69, 9.17) is 13.6 Å². The van der Waals surface area contributed by atoms with Crippen molar-refractivity contribution in [3.05, 3.63) is 12.1 Å². The summed E-state index contributed by atoms with van der Waals surface area (Å²) in [7, 11) is -5.48. The van der Waals surface area contributed by atoms with E-state index in [-0.39, 0.29) is 17.0 Å². The first kappa shape index (κ1) is 12.2. The normalized spacial score (nSPS) is 14.8. The van der Waals surface area contributed by atoms with Crippen molar-refractivity contribution in [2.24, 2.45) is 0 Å². The molecule has 1 amide bonds. The zero-order valence-corrected chi connectivity index (χ0v) is 13.1.